The van der Waals surface area contributed by atoms with Crippen LogP contribution in [0, 0.1) is 0 Å². The zero-order valence-corrected chi connectivity index (χ0v) is 11.6. The molecule has 1 aliphatic rings. The van der Waals surface area contributed by atoms with E-state index < -0.39 is 0 Å². The summed E-state index contributed by atoms with van der Waals surface area (Å²) in [5.41, 5.74) is 1.88. The minimum Gasteiger partial charge on any atom is -0.440 e. The third kappa shape index (κ3) is 2.04. The number of oxazole rings is 1. The number of hydrogen-bond donors (Lipinski definition) is 0. The summed E-state index contributed by atoms with van der Waals surface area (Å²) in [5.74, 6) is 2.10. The lowest BCUT2D eigenvalue weighted by Crippen LogP contribution is -2.11. The molecule has 0 aromatic carbocycles. The lowest BCUT2D eigenvalue weighted by Gasteiger charge is -2.17. The van der Waals surface area contributed by atoms with Crippen LogP contribution in [-0.2, 0) is 12.8 Å². The van der Waals surface area contributed by atoms with Crippen LogP contribution in [-0.4, -0.2) is 15.0 Å². The molecular weight excluding hydrogens is 270 g/mol. The van der Waals surface area contributed by atoms with E-state index in [0.29, 0.717) is 11.8 Å². The molecule has 1 aliphatic carbocycles. The van der Waals surface area contributed by atoms with E-state index in [0.717, 1.165) is 36.4 Å². The zero-order chi connectivity index (χ0) is 13.4. The summed E-state index contributed by atoms with van der Waals surface area (Å²) in [6.45, 7) is 0. The first-order valence-electron chi connectivity index (χ1n) is 6.69. The van der Waals surface area contributed by atoms with Crippen LogP contribution in [0.25, 0.3) is 11.6 Å². The van der Waals surface area contributed by atoms with Crippen molar-refractivity contribution in [3.8, 4) is 11.6 Å². The molecule has 100 valence electrons. The number of pyridine rings is 1. The Morgan fingerprint density at radius 1 is 1.20 bits per heavy atom. The largest absolute Gasteiger partial charge is 0.440 e. The highest BCUT2D eigenvalue weighted by atomic mass is 32.1. The van der Waals surface area contributed by atoms with Crippen molar-refractivity contribution in [3.05, 3.63) is 52.4 Å². The van der Waals surface area contributed by atoms with Gasteiger partial charge in [0.05, 0.1) is 10.7 Å². The fourth-order valence-electron chi connectivity index (χ4n) is 2.62. The molecule has 5 heteroatoms. The summed E-state index contributed by atoms with van der Waals surface area (Å²) in [6.07, 6.45) is 6.57. The SMILES string of the molecule is c1ccc(-c2nc3c(o2)CC(c2nccs2)CC3)nc1. The average molecular weight is 283 g/mol. The van der Waals surface area contributed by atoms with E-state index in [1.165, 1.54) is 5.01 Å². The maximum absolute atomic E-state index is 5.92. The van der Waals surface area contributed by atoms with Crippen LogP contribution in [0.4, 0.5) is 0 Å². The van der Waals surface area contributed by atoms with Gasteiger partial charge in [0.15, 0.2) is 0 Å². The molecule has 0 fully saturated rings. The van der Waals surface area contributed by atoms with Gasteiger partial charge in [-0.05, 0) is 25.0 Å². The van der Waals surface area contributed by atoms with Crippen LogP contribution in [0.2, 0.25) is 0 Å². The summed E-state index contributed by atoms with van der Waals surface area (Å²) >= 11 is 1.72. The van der Waals surface area contributed by atoms with Crippen molar-refractivity contribution in [2.75, 3.05) is 0 Å². The predicted octanol–water partition coefficient (Wildman–Crippen LogP) is 3.47. The number of rotatable bonds is 2. The Morgan fingerprint density at radius 3 is 3.00 bits per heavy atom. The van der Waals surface area contributed by atoms with Crippen LogP contribution in [0.5, 0.6) is 0 Å². The molecule has 0 N–H and O–H groups in total. The maximum Gasteiger partial charge on any atom is 0.245 e. The van der Waals surface area contributed by atoms with Crippen molar-refractivity contribution in [1.82, 2.24) is 15.0 Å². The van der Waals surface area contributed by atoms with Gasteiger partial charge in [0.25, 0.3) is 0 Å². The third-order valence-electron chi connectivity index (χ3n) is 3.62. The second-order valence-corrected chi connectivity index (χ2v) is 5.84. The van der Waals surface area contributed by atoms with E-state index in [1.54, 1.807) is 17.5 Å². The molecule has 0 bridgehead atoms. The molecule has 1 atom stereocenters. The number of nitrogens with zero attached hydrogens (tertiary/aromatic N) is 3. The van der Waals surface area contributed by atoms with Gasteiger partial charge in [0.1, 0.15) is 11.5 Å². The summed E-state index contributed by atoms with van der Waals surface area (Å²) in [6, 6.07) is 5.77. The third-order valence-corrected chi connectivity index (χ3v) is 4.56. The first kappa shape index (κ1) is 11.8. The number of aromatic nitrogens is 3. The molecule has 1 unspecified atom stereocenters. The monoisotopic (exact) mass is 283 g/mol. The van der Waals surface area contributed by atoms with E-state index in [1.807, 2.05) is 29.8 Å². The van der Waals surface area contributed by atoms with Gasteiger partial charge in [0, 0.05) is 30.1 Å². The minimum atomic E-state index is 0.465. The molecule has 0 spiro atoms. The Hall–Kier alpha value is -2.01. The summed E-state index contributed by atoms with van der Waals surface area (Å²) in [5, 5.41) is 3.23. The number of aryl methyl sites for hydroxylation is 1. The first-order valence-corrected chi connectivity index (χ1v) is 7.57. The highest BCUT2D eigenvalue weighted by molar-refractivity contribution is 7.09. The Balaban J connectivity index is 1.65. The normalized spacial score (nSPS) is 17.9. The van der Waals surface area contributed by atoms with Gasteiger partial charge in [-0.15, -0.1) is 11.3 Å². The van der Waals surface area contributed by atoms with Gasteiger partial charge in [-0.2, -0.15) is 0 Å². The van der Waals surface area contributed by atoms with Crippen LogP contribution in [0.1, 0.15) is 28.8 Å². The number of thiazole rings is 1. The topological polar surface area (TPSA) is 51.8 Å². The molecule has 20 heavy (non-hydrogen) atoms. The molecule has 0 radical (unpaired) electrons. The van der Waals surface area contributed by atoms with Crippen LogP contribution >= 0.6 is 11.3 Å². The lowest BCUT2D eigenvalue weighted by molar-refractivity contribution is 0.456. The molecule has 3 heterocycles. The highest BCUT2D eigenvalue weighted by Crippen LogP contribution is 2.35. The second-order valence-electron chi connectivity index (χ2n) is 4.91. The van der Waals surface area contributed by atoms with Gasteiger partial charge in [-0.3, -0.25) is 4.98 Å². The van der Waals surface area contributed by atoms with E-state index in [4.69, 9.17) is 4.42 Å². The second kappa shape index (κ2) is 4.83. The van der Waals surface area contributed by atoms with Gasteiger partial charge in [0.2, 0.25) is 5.89 Å². The summed E-state index contributed by atoms with van der Waals surface area (Å²) < 4.78 is 5.92. The lowest BCUT2D eigenvalue weighted by atomic mass is 9.91. The average Bonchev–Trinajstić information content (AvgIpc) is 3.16. The Morgan fingerprint density at radius 2 is 2.20 bits per heavy atom. The van der Waals surface area contributed by atoms with E-state index in [-0.39, 0.29) is 0 Å². The van der Waals surface area contributed by atoms with Crippen molar-refractivity contribution in [1.29, 1.82) is 0 Å². The molecule has 0 aliphatic heterocycles. The molecule has 0 amide bonds. The van der Waals surface area contributed by atoms with Crippen LogP contribution < -0.4 is 0 Å². The van der Waals surface area contributed by atoms with Crippen molar-refractivity contribution in [2.24, 2.45) is 0 Å². The molecule has 4 nitrogen and oxygen atoms in total. The summed E-state index contributed by atoms with van der Waals surface area (Å²) in [4.78, 5) is 13.3. The number of hydrogen-bond acceptors (Lipinski definition) is 5. The Labute approximate surface area is 120 Å². The summed E-state index contributed by atoms with van der Waals surface area (Å²) in [7, 11) is 0. The maximum atomic E-state index is 5.92. The van der Waals surface area contributed by atoms with Gasteiger partial charge >= 0.3 is 0 Å². The van der Waals surface area contributed by atoms with Gasteiger partial charge in [-0.25, -0.2) is 9.97 Å². The van der Waals surface area contributed by atoms with E-state index in [9.17, 15) is 0 Å². The molecule has 0 saturated heterocycles. The van der Waals surface area contributed by atoms with E-state index >= 15 is 0 Å². The van der Waals surface area contributed by atoms with Crippen molar-refractivity contribution >= 4 is 11.3 Å². The predicted molar refractivity (Wildman–Crippen MR) is 76.6 cm³/mol. The van der Waals surface area contributed by atoms with Crippen molar-refractivity contribution < 1.29 is 4.42 Å². The minimum absolute atomic E-state index is 0.465. The van der Waals surface area contributed by atoms with Crippen LogP contribution in [0.15, 0.2) is 40.4 Å². The highest BCUT2D eigenvalue weighted by Gasteiger charge is 2.27. The number of fused-ring (bicyclic) bond motifs is 1. The van der Waals surface area contributed by atoms with E-state index in [2.05, 4.69) is 15.0 Å². The van der Waals surface area contributed by atoms with Crippen molar-refractivity contribution in [3.63, 3.8) is 0 Å². The molecular formula is C15H13N3OS. The van der Waals surface area contributed by atoms with Gasteiger partial charge in [-0.1, -0.05) is 6.07 Å². The Bertz CT molecular complexity index is 706. The Kier molecular flexibility index (Phi) is 2.85. The molecule has 3 aromatic heterocycles. The fourth-order valence-corrected chi connectivity index (χ4v) is 3.40. The quantitative estimate of drug-likeness (QED) is 0.722. The standard InChI is InChI=1S/C15H13N3OS/c1-2-6-16-12(3-1)14-18-11-5-4-10(9-13(11)19-14)15-17-7-8-20-15/h1-3,6-8,10H,4-5,9H2. The smallest absolute Gasteiger partial charge is 0.245 e. The fraction of sp³-hybridized carbons (Fsp3) is 0.267. The molecule has 4 rings (SSSR count). The first-order chi connectivity index (χ1) is 9.90. The molecule has 0 saturated carbocycles. The van der Waals surface area contributed by atoms with Crippen LogP contribution in [0.3, 0.4) is 0 Å². The molecule has 3 aromatic rings. The van der Waals surface area contributed by atoms with Crippen molar-refractivity contribution in [2.45, 2.75) is 25.2 Å². The zero-order valence-electron chi connectivity index (χ0n) is 10.8. The van der Waals surface area contributed by atoms with Gasteiger partial charge < -0.3 is 4.42 Å².